The van der Waals surface area contributed by atoms with Gasteiger partial charge in [-0.2, -0.15) is 0 Å². The van der Waals surface area contributed by atoms with Crippen molar-refractivity contribution < 1.29 is 23.8 Å². The van der Waals surface area contributed by atoms with Crippen molar-refractivity contribution in [3.63, 3.8) is 0 Å². The van der Waals surface area contributed by atoms with Crippen LogP contribution in [0.3, 0.4) is 0 Å². The average molecular weight is 281 g/mol. The lowest BCUT2D eigenvalue weighted by molar-refractivity contribution is -0.148. The number of ether oxygens (including phenoxy) is 3. The van der Waals surface area contributed by atoms with Crippen LogP contribution in [0.15, 0.2) is 24.3 Å². The van der Waals surface area contributed by atoms with Crippen LogP contribution in [0, 0.1) is 0 Å². The molecule has 6 heteroatoms. The summed E-state index contributed by atoms with van der Waals surface area (Å²) in [7, 11) is 4.37. The van der Waals surface area contributed by atoms with E-state index in [1.54, 1.807) is 38.3 Å². The monoisotopic (exact) mass is 281 g/mol. The molecule has 0 fully saturated rings. The van der Waals surface area contributed by atoms with Gasteiger partial charge in [0.15, 0.2) is 6.10 Å². The number of carbonyl (C=O) groups is 2. The SMILES string of the molecule is COC(=O)CN(C)C(=O)C(C)Oc1ccc(OC)cc1. The van der Waals surface area contributed by atoms with Crippen molar-refractivity contribution in [1.29, 1.82) is 0 Å². The maximum absolute atomic E-state index is 12.0. The van der Waals surface area contributed by atoms with E-state index < -0.39 is 12.1 Å². The van der Waals surface area contributed by atoms with Gasteiger partial charge in [0.05, 0.1) is 14.2 Å². The van der Waals surface area contributed by atoms with E-state index in [4.69, 9.17) is 9.47 Å². The molecule has 1 unspecified atom stereocenters. The van der Waals surface area contributed by atoms with Gasteiger partial charge in [0.1, 0.15) is 18.0 Å². The van der Waals surface area contributed by atoms with E-state index in [9.17, 15) is 9.59 Å². The van der Waals surface area contributed by atoms with Crippen molar-refractivity contribution in [3.05, 3.63) is 24.3 Å². The maximum atomic E-state index is 12.0. The van der Waals surface area contributed by atoms with Crippen molar-refractivity contribution in [2.75, 3.05) is 27.8 Å². The Morgan fingerprint density at radius 1 is 1.15 bits per heavy atom. The predicted octanol–water partition coefficient (Wildman–Crippen LogP) is 1.09. The fraction of sp³-hybridized carbons (Fsp3) is 0.429. The number of hydrogen-bond acceptors (Lipinski definition) is 5. The van der Waals surface area contributed by atoms with Crippen molar-refractivity contribution in [3.8, 4) is 11.5 Å². The topological polar surface area (TPSA) is 65.1 Å². The van der Waals surface area contributed by atoms with Gasteiger partial charge in [-0.3, -0.25) is 9.59 Å². The van der Waals surface area contributed by atoms with Gasteiger partial charge in [-0.05, 0) is 31.2 Å². The quantitative estimate of drug-likeness (QED) is 0.730. The minimum absolute atomic E-state index is 0.106. The molecule has 0 N–H and O–H groups in total. The third-order valence-corrected chi connectivity index (χ3v) is 2.69. The summed E-state index contributed by atoms with van der Waals surface area (Å²) in [6.07, 6.45) is -0.696. The molecule has 1 aromatic rings. The normalized spacial score (nSPS) is 11.4. The Labute approximate surface area is 118 Å². The molecule has 0 bridgehead atoms. The van der Waals surface area contributed by atoms with E-state index in [-0.39, 0.29) is 12.5 Å². The number of hydrogen-bond donors (Lipinski definition) is 0. The summed E-state index contributed by atoms with van der Waals surface area (Å²) in [6, 6.07) is 6.90. The number of methoxy groups -OCH3 is 2. The highest BCUT2D eigenvalue weighted by Crippen LogP contribution is 2.18. The molecule has 6 nitrogen and oxygen atoms in total. The molecule has 0 radical (unpaired) electrons. The lowest BCUT2D eigenvalue weighted by Crippen LogP contribution is -2.40. The molecule has 1 amide bonds. The van der Waals surface area contributed by atoms with Crippen LogP contribution in [-0.2, 0) is 14.3 Å². The Balaban J connectivity index is 2.57. The number of carbonyl (C=O) groups excluding carboxylic acids is 2. The van der Waals surface area contributed by atoms with Gasteiger partial charge in [-0.15, -0.1) is 0 Å². The fourth-order valence-electron chi connectivity index (χ4n) is 1.56. The molecule has 0 aliphatic carbocycles. The Bertz CT molecular complexity index is 457. The van der Waals surface area contributed by atoms with Crippen LogP contribution < -0.4 is 9.47 Å². The van der Waals surface area contributed by atoms with Gasteiger partial charge >= 0.3 is 5.97 Å². The van der Waals surface area contributed by atoms with Crippen molar-refractivity contribution in [2.24, 2.45) is 0 Å². The standard InChI is InChI=1S/C14H19NO5/c1-10(14(17)15(2)9-13(16)19-4)20-12-7-5-11(18-3)6-8-12/h5-8,10H,9H2,1-4H3. The number of likely N-dealkylation sites (N-methyl/N-ethyl adjacent to an activating group) is 1. The Kier molecular flexibility index (Phi) is 5.83. The molecule has 20 heavy (non-hydrogen) atoms. The molecule has 0 saturated carbocycles. The average Bonchev–Trinajstić information content (AvgIpc) is 2.46. The van der Waals surface area contributed by atoms with Gasteiger partial charge < -0.3 is 19.1 Å². The lowest BCUT2D eigenvalue weighted by Gasteiger charge is -2.21. The molecular weight excluding hydrogens is 262 g/mol. The van der Waals surface area contributed by atoms with Gasteiger partial charge in [0, 0.05) is 7.05 Å². The highest BCUT2D eigenvalue weighted by molar-refractivity contribution is 5.84. The van der Waals surface area contributed by atoms with E-state index >= 15 is 0 Å². The molecule has 0 heterocycles. The minimum Gasteiger partial charge on any atom is -0.497 e. The van der Waals surface area contributed by atoms with Crippen molar-refractivity contribution >= 4 is 11.9 Å². The molecule has 1 aromatic carbocycles. The Morgan fingerprint density at radius 3 is 2.20 bits per heavy atom. The lowest BCUT2D eigenvalue weighted by atomic mass is 10.3. The Hall–Kier alpha value is -2.24. The summed E-state index contributed by atoms with van der Waals surface area (Å²) < 4.78 is 15.1. The van der Waals surface area contributed by atoms with Crippen LogP contribution >= 0.6 is 0 Å². The summed E-state index contributed by atoms with van der Waals surface area (Å²) in [5.74, 6) is 0.487. The Morgan fingerprint density at radius 2 is 1.70 bits per heavy atom. The van der Waals surface area contributed by atoms with E-state index in [1.165, 1.54) is 19.1 Å². The molecule has 1 rings (SSSR count). The van der Waals surface area contributed by atoms with E-state index in [0.717, 1.165) is 0 Å². The summed E-state index contributed by atoms with van der Waals surface area (Å²) in [5.41, 5.74) is 0. The number of esters is 1. The van der Waals surface area contributed by atoms with Gasteiger partial charge in [0.2, 0.25) is 0 Å². The zero-order valence-corrected chi connectivity index (χ0v) is 12.1. The highest BCUT2D eigenvalue weighted by atomic mass is 16.5. The van der Waals surface area contributed by atoms with Crippen molar-refractivity contribution in [2.45, 2.75) is 13.0 Å². The molecule has 1 atom stereocenters. The first-order valence-electron chi connectivity index (χ1n) is 6.10. The molecule has 0 saturated heterocycles. The zero-order valence-electron chi connectivity index (χ0n) is 12.1. The van der Waals surface area contributed by atoms with Crippen LogP contribution in [0.4, 0.5) is 0 Å². The van der Waals surface area contributed by atoms with Crippen LogP contribution in [0.25, 0.3) is 0 Å². The second-order valence-corrected chi connectivity index (χ2v) is 4.21. The van der Waals surface area contributed by atoms with Gasteiger partial charge in [0.25, 0.3) is 5.91 Å². The first kappa shape index (κ1) is 15.8. The molecule has 0 aliphatic rings. The molecule has 0 aliphatic heterocycles. The number of benzene rings is 1. The van der Waals surface area contributed by atoms with Crippen molar-refractivity contribution in [1.82, 2.24) is 4.90 Å². The summed E-state index contributed by atoms with van der Waals surface area (Å²) in [6.45, 7) is 1.52. The second kappa shape index (κ2) is 7.37. The molecular formula is C14H19NO5. The highest BCUT2D eigenvalue weighted by Gasteiger charge is 2.21. The molecule has 0 spiro atoms. The van der Waals surface area contributed by atoms with Crippen LogP contribution in [0.2, 0.25) is 0 Å². The minimum atomic E-state index is -0.696. The van der Waals surface area contributed by atoms with Crippen LogP contribution in [0.1, 0.15) is 6.92 Å². The van der Waals surface area contributed by atoms with Gasteiger partial charge in [-0.1, -0.05) is 0 Å². The number of rotatable bonds is 6. The molecule has 110 valence electrons. The first-order chi connectivity index (χ1) is 9.47. The molecule has 0 aromatic heterocycles. The number of nitrogens with zero attached hydrogens (tertiary/aromatic N) is 1. The zero-order chi connectivity index (χ0) is 15.1. The number of amides is 1. The van der Waals surface area contributed by atoms with Crippen LogP contribution in [0.5, 0.6) is 11.5 Å². The van der Waals surface area contributed by atoms with E-state index in [1.807, 2.05) is 0 Å². The fourth-order valence-corrected chi connectivity index (χ4v) is 1.56. The van der Waals surface area contributed by atoms with Crippen LogP contribution in [-0.4, -0.2) is 50.7 Å². The maximum Gasteiger partial charge on any atom is 0.325 e. The first-order valence-corrected chi connectivity index (χ1v) is 6.10. The largest absolute Gasteiger partial charge is 0.497 e. The van der Waals surface area contributed by atoms with Gasteiger partial charge in [-0.25, -0.2) is 0 Å². The van der Waals surface area contributed by atoms with E-state index in [2.05, 4.69) is 4.74 Å². The third kappa shape index (κ3) is 4.46. The summed E-state index contributed by atoms with van der Waals surface area (Å²) in [4.78, 5) is 24.4. The predicted molar refractivity (Wildman–Crippen MR) is 72.7 cm³/mol. The third-order valence-electron chi connectivity index (χ3n) is 2.69. The summed E-state index contributed by atoms with van der Waals surface area (Å²) in [5, 5.41) is 0. The summed E-state index contributed by atoms with van der Waals surface area (Å²) >= 11 is 0. The second-order valence-electron chi connectivity index (χ2n) is 4.21. The smallest absolute Gasteiger partial charge is 0.325 e. The van der Waals surface area contributed by atoms with E-state index in [0.29, 0.717) is 11.5 Å².